The Balaban J connectivity index is 1.16. The lowest BCUT2D eigenvalue weighted by Crippen LogP contribution is -2.00. The summed E-state index contributed by atoms with van der Waals surface area (Å²) in [5.41, 5.74) is 9.26. The van der Waals surface area contributed by atoms with Crippen molar-refractivity contribution in [2.45, 2.75) is 0 Å². The normalized spacial score (nSPS) is 10.8. The smallest absolute Gasteiger partial charge is 0.164 e. The quantitative estimate of drug-likeness (QED) is 0.154. The molecule has 262 valence electrons. The van der Waals surface area contributed by atoms with E-state index in [0.29, 0.717) is 40.5 Å². The minimum atomic E-state index is 0.538. The molecule has 7 aromatic carbocycles. The van der Waals surface area contributed by atoms with Crippen molar-refractivity contribution in [3.05, 3.63) is 194 Å². The summed E-state index contributed by atoms with van der Waals surface area (Å²) in [6.07, 6.45) is 0. The third-order valence-electron chi connectivity index (χ3n) is 9.42. The van der Waals surface area contributed by atoms with Crippen molar-refractivity contribution in [3.63, 3.8) is 0 Å². The first-order valence-corrected chi connectivity index (χ1v) is 18.2. The van der Waals surface area contributed by atoms with Crippen molar-refractivity contribution < 1.29 is 0 Å². The van der Waals surface area contributed by atoms with Crippen molar-refractivity contribution in [2.75, 3.05) is 0 Å². The van der Waals surface area contributed by atoms with E-state index in [9.17, 15) is 5.26 Å². The van der Waals surface area contributed by atoms with Crippen molar-refractivity contribution in [1.82, 2.24) is 29.9 Å². The molecule has 0 N–H and O–H groups in total. The summed E-state index contributed by atoms with van der Waals surface area (Å²) >= 11 is 0. The second-order valence-electron chi connectivity index (χ2n) is 13.1. The van der Waals surface area contributed by atoms with Crippen molar-refractivity contribution in [2.24, 2.45) is 0 Å². The zero-order valence-corrected chi connectivity index (χ0v) is 30.0. The minimum Gasteiger partial charge on any atom is -0.208 e. The van der Waals surface area contributed by atoms with E-state index in [4.69, 9.17) is 29.9 Å². The van der Waals surface area contributed by atoms with E-state index >= 15 is 0 Å². The van der Waals surface area contributed by atoms with E-state index in [0.717, 1.165) is 55.6 Å². The second kappa shape index (κ2) is 15.2. The van der Waals surface area contributed by atoms with E-state index in [1.807, 2.05) is 176 Å². The molecule has 2 heterocycles. The van der Waals surface area contributed by atoms with Gasteiger partial charge < -0.3 is 0 Å². The average molecular weight is 718 g/mol. The molecular weight excluding hydrogens is 687 g/mol. The molecule has 0 fully saturated rings. The Morgan fingerprint density at radius 3 is 0.982 bits per heavy atom. The summed E-state index contributed by atoms with van der Waals surface area (Å²) < 4.78 is 0. The van der Waals surface area contributed by atoms with Crippen molar-refractivity contribution in [3.8, 4) is 96.7 Å². The fourth-order valence-corrected chi connectivity index (χ4v) is 6.71. The van der Waals surface area contributed by atoms with Crippen LogP contribution in [0.15, 0.2) is 188 Å². The molecule has 0 aliphatic carbocycles. The number of benzene rings is 7. The van der Waals surface area contributed by atoms with Gasteiger partial charge >= 0.3 is 0 Å². The number of hydrogen-bond donors (Lipinski definition) is 0. The van der Waals surface area contributed by atoms with Gasteiger partial charge in [0.05, 0.1) is 11.6 Å². The molecular formula is C49H31N7. The Hall–Kier alpha value is -7.95. The van der Waals surface area contributed by atoms with E-state index < -0.39 is 0 Å². The molecule has 0 aliphatic rings. The standard InChI is InChI=1S/C49H31N7/c50-32-41-28-15-29-42(37-24-13-26-39(30-37)48-53-44(33-16-5-1-6-17-33)51-45(54-48)34-18-7-2-8-19-34)43(41)38-25-14-27-40(31-38)49-55-46(35-20-9-3-10-21-35)52-47(56-49)36-22-11-4-12-23-36/h1-31H. The van der Waals surface area contributed by atoms with Crippen LogP contribution in [0.1, 0.15) is 5.56 Å². The number of nitriles is 1. The van der Waals surface area contributed by atoms with Gasteiger partial charge in [0.2, 0.25) is 0 Å². The average Bonchev–Trinajstić information content (AvgIpc) is 3.29. The summed E-state index contributed by atoms with van der Waals surface area (Å²) in [6.45, 7) is 0. The third-order valence-corrected chi connectivity index (χ3v) is 9.42. The van der Waals surface area contributed by atoms with Crippen LogP contribution < -0.4 is 0 Å². The molecule has 0 aliphatic heterocycles. The Morgan fingerprint density at radius 1 is 0.286 bits per heavy atom. The van der Waals surface area contributed by atoms with E-state index in [2.05, 4.69) is 18.2 Å². The van der Waals surface area contributed by atoms with Gasteiger partial charge in [0.15, 0.2) is 34.9 Å². The predicted octanol–water partition coefficient (Wildman–Crippen LogP) is 11.3. The van der Waals surface area contributed by atoms with Gasteiger partial charge in [-0.3, -0.25) is 0 Å². The van der Waals surface area contributed by atoms with Crippen molar-refractivity contribution >= 4 is 0 Å². The second-order valence-corrected chi connectivity index (χ2v) is 13.1. The lowest BCUT2D eigenvalue weighted by molar-refractivity contribution is 1.07. The molecule has 0 spiro atoms. The number of aromatic nitrogens is 6. The highest BCUT2D eigenvalue weighted by molar-refractivity contribution is 5.89. The lowest BCUT2D eigenvalue weighted by Gasteiger charge is -2.15. The van der Waals surface area contributed by atoms with Crippen LogP contribution in [0.25, 0.3) is 90.6 Å². The molecule has 0 atom stereocenters. The Bertz CT molecular complexity index is 2740. The Labute approximate surface area is 324 Å². The van der Waals surface area contributed by atoms with Crippen LogP contribution in [0.4, 0.5) is 0 Å². The first-order valence-electron chi connectivity index (χ1n) is 18.2. The van der Waals surface area contributed by atoms with Gasteiger partial charge in [-0.2, -0.15) is 5.26 Å². The van der Waals surface area contributed by atoms with Crippen LogP contribution in [-0.2, 0) is 0 Å². The van der Waals surface area contributed by atoms with Gasteiger partial charge in [0, 0.05) is 38.9 Å². The molecule has 0 radical (unpaired) electrons. The molecule has 9 rings (SSSR count). The lowest BCUT2D eigenvalue weighted by atomic mass is 9.89. The molecule has 0 saturated heterocycles. The summed E-state index contributed by atoms with van der Waals surface area (Å²) in [7, 11) is 0. The first kappa shape index (κ1) is 33.9. The van der Waals surface area contributed by atoms with Gasteiger partial charge in [0.25, 0.3) is 0 Å². The van der Waals surface area contributed by atoms with Gasteiger partial charge in [-0.05, 0) is 34.9 Å². The largest absolute Gasteiger partial charge is 0.208 e. The monoisotopic (exact) mass is 717 g/mol. The highest BCUT2D eigenvalue weighted by Crippen LogP contribution is 2.38. The summed E-state index contributed by atoms with van der Waals surface area (Å²) in [5, 5.41) is 10.5. The van der Waals surface area contributed by atoms with E-state index in [1.54, 1.807) is 0 Å². The third kappa shape index (κ3) is 6.94. The van der Waals surface area contributed by atoms with Crippen LogP contribution in [0.5, 0.6) is 0 Å². The maximum absolute atomic E-state index is 10.5. The highest BCUT2D eigenvalue weighted by Gasteiger charge is 2.18. The predicted molar refractivity (Wildman–Crippen MR) is 221 cm³/mol. The van der Waals surface area contributed by atoms with Gasteiger partial charge in [-0.15, -0.1) is 0 Å². The van der Waals surface area contributed by atoms with E-state index in [1.165, 1.54) is 0 Å². The molecule has 0 unspecified atom stereocenters. The Kier molecular flexibility index (Phi) is 9.18. The van der Waals surface area contributed by atoms with Crippen LogP contribution in [0.3, 0.4) is 0 Å². The summed E-state index contributed by atoms with van der Waals surface area (Å²) in [6, 6.07) is 64.1. The zero-order chi connectivity index (χ0) is 37.7. The van der Waals surface area contributed by atoms with Crippen LogP contribution in [-0.4, -0.2) is 29.9 Å². The molecule has 2 aromatic heterocycles. The molecule has 7 nitrogen and oxygen atoms in total. The summed E-state index contributed by atoms with van der Waals surface area (Å²) in [5.74, 6) is 3.44. The fourth-order valence-electron chi connectivity index (χ4n) is 6.71. The van der Waals surface area contributed by atoms with Gasteiger partial charge in [-0.25, -0.2) is 29.9 Å². The number of nitrogens with zero attached hydrogens (tertiary/aromatic N) is 7. The van der Waals surface area contributed by atoms with E-state index in [-0.39, 0.29) is 0 Å². The first-order chi connectivity index (χ1) is 27.7. The molecule has 0 saturated carbocycles. The molecule has 0 amide bonds. The zero-order valence-electron chi connectivity index (χ0n) is 30.0. The van der Waals surface area contributed by atoms with Crippen LogP contribution in [0.2, 0.25) is 0 Å². The van der Waals surface area contributed by atoms with Crippen molar-refractivity contribution in [1.29, 1.82) is 5.26 Å². The van der Waals surface area contributed by atoms with Gasteiger partial charge in [-0.1, -0.05) is 170 Å². The maximum atomic E-state index is 10.5. The molecule has 0 bridgehead atoms. The molecule has 7 heteroatoms. The SMILES string of the molecule is N#Cc1cccc(-c2cccc(-c3nc(-c4ccccc4)nc(-c4ccccc4)n3)c2)c1-c1cccc(-c2nc(-c3ccccc3)nc(-c3ccccc3)n2)c1. The van der Waals surface area contributed by atoms with Crippen LogP contribution >= 0.6 is 0 Å². The topological polar surface area (TPSA) is 101 Å². The number of hydrogen-bond acceptors (Lipinski definition) is 7. The summed E-state index contributed by atoms with van der Waals surface area (Å²) in [4.78, 5) is 29.5. The molecule has 56 heavy (non-hydrogen) atoms. The maximum Gasteiger partial charge on any atom is 0.164 e. The molecule has 9 aromatic rings. The van der Waals surface area contributed by atoms with Gasteiger partial charge in [0.1, 0.15) is 0 Å². The van der Waals surface area contributed by atoms with Crippen LogP contribution in [0, 0.1) is 11.3 Å². The highest BCUT2D eigenvalue weighted by atomic mass is 15.0. The number of rotatable bonds is 8. The fraction of sp³-hybridized carbons (Fsp3) is 0. The minimum absolute atomic E-state index is 0.538. The Morgan fingerprint density at radius 2 is 0.589 bits per heavy atom.